The number of hydrogen-bond donors (Lipinski definition) is 2. The predicted octanol–water partition coefficient (Wildman–Crippen LogP) is 0.805. The van der Waals surface area contributed by atoms with Crippen molar-refractivity contribution in [3.8, 4) is 0 Å². The van der Waals surface area contributed by atoms with Crippen LogP contribution in [0.25, 0.3) is 0 Å². The van der Waals surface area contributed by atoms with Gasteiger partial charge in [-0.3, -0.25) is 9.79 Å². The monoisotopic (exact) mass is 242 g/mol. The second-order valence-corrected chi connectivity index (χ2v) is 4.36. The number of hydrogen-bond acceptors (Lipinski definition) is 2. The summed E-state index contributed by atoms with van der Waals surface area (Å²) in [4.78, 5) is 17.6. The van der Waals surface area contributed by atoms with Crippen LogP contribution in [0.3, 0.4) is 0 Å². The molecule has 0 unspecified atom stereocenters. The first-order valence-electron chi connectivity index (χ1n) is 6.32. The van der Waals surface area contributed by atoms with Crippen molar-refractivity contribution in [2.75, 3.05) is 26.2 Å². The Kier molecular flexibility index (Phi) is 8.19. The largest absolute Gasteiger partial charge is 0.370 e. The number of amides is 1. The molecule has 5 nitrogen and oxygen atoms in total. The molecule has 17 heavy (non-hydrogen) atoms. The topological polar surface area (TPSA) is 70.7 Å². The van der Waals surface area contributed by atoms with Crippen LogP contribution in [-0.2, 0) is 4.79 Å². The summed E-state index contributed by atoms with van der Waals surface area (Å²) in [6.07, 6.45) is 0.458. The van der Waals surface area contributed by atoms with Gasteiger partial charge in [-0.25, -0.2) is 0 Å². The second kappa shape index (κ2) is 8.84. The van der Waals surface area contributed by atoms with Gasteiger partial charge in [-0.1, -0.05) is 13.8 Å². The summed E-state index contributed by atoms with van der Waals surface area (Å²) in [6, 6.07) is 0. The molecule has 0 aromatic carbocycles. The zero-order valence-electron chi connectivity index (χ0n) is 11.5. The van der Waals surface area contributed by atoms with Crippen LogP contribution in [0.1, 0.15) is 34.1 Å². The maximum absolute atomic E-state index is 11.7. The Labute approximate surface area is 104 Å². The van der Waals surface area contributed by atoms with Gasteiger partial charge in [-0.15, -0.1) is 0 Å². The lowest BCUT2D eigenvalue weighted by Gasteiger charge is -2.18. The van der Waals surface area contributed by atoms with Gasteiger partial charge in [-0.05, 0) is 19.8 Å². The van der Waals surface area contributed by atoms with Gasteiger partial charge in [0.15, 0.2) is 5.96 Å². The van der Waals surface area contributed by atoms with Gasteiger partial charge in [0.25, 0.3) is 0 Å². The van der Waals surface area contributed by atoms with E-state index in [1.807, 2.05) is 18.7 Å². The van der Waals surface area contributed by atoms with Crippen LogP contribution in [0.5, 0.6) is 0 Å². The summed E-state index contributed by atoms with van der Waals surface area (Å²) >= 11 is 0. The SMILES string of the molecule is CCN(CC)C(=O)CCNC(N)=NCC(C)C. The Morgan fingerprint density at radius 3 is 2.41 bits per heavy atom. The zero-order valence-corrected chi connectivity index (χ0v) is 11.5. The van der Waals surface area contributed by atoms with E-state index in [0.29, 0.717) is 31.4 Å². The smallest absolute Gasteiger partial charge is 0.224 e. The molecule has 0 rings (SSSR count). The van der Waals surface area contributed by atoms with E-state index in [0.717, 1.165) is 13.1 Å². The van der Waals surface area contributed by atoms with Gasteiger partial charge in [0, 0.05) is 32.6 Å². The molecule has 0 heterocycles. The Morgan fingerprint density at radius 1 is 1.35 bits per heavy atom. The fourth-order valence-corrected chi connectivity index (χ4v) is 1.37. The molecule has 0 bridgehead atoms. The number of nitrogens with two attached hydrogens (primary N) is 1. The molecular weight excluding hydrogens is 216 g/mol. The second-order valence-electron chi connectivity index (χ2n) is 4.36. The molecule has 0 radical (unpaired) electrons. The average molecular weight is 242 g/mol. The minimum absolute atomic E-state index is 0.152. The Balaban J connectivity index is 3.83. The van der Waals surface area contributed by atoms with E-state index >= 15 is 0 Å². The van der Waals surface area contributed by atoms with Gasteiger partial charge in [0.2, 0.25) is 5.91 Å². The van der Waals surface area contributed by atoms with Crippen molar-refractivity contribution in [1.29, 1.82) is 0 Å². The van der Waals surface area contributed by atoms with Crippen LogP contribution >= 0.6 is 0 Å². The standard InChI is InChI=1S/C12H26N4O/c1-5-16(6-2)11(17)7-8-14-12(13)15-9-10(3)4/h10H,5-9H2,1-4H3,(H3,13,14,15). The normalized spacial score (nSPS) is 11.7. The highest BCUT2D eigenvalue weighted by Gasteiger charge is 2.08. The number of carbonyl (C=O) groups excluding carboxylic acids is 1. The molecular formula is C12H26N4O. The molecule has 0 saturated carbocycles. The minimum atomic E-state index is 0.152. The first-order chi connectivity index (χ1) is 8.01. The van der Waals surface area contributed by atoms with Crippen LogP contribution < -0.4 is 11.1 Å². The van der Waals surface area contributed by atoms with Crippen molar-refractivity contribution >= 4 is 11.9 Å². The van der Waals surface area contributed by atoms with E-state index in [1.54, 1.807) is 0 Å². The highest BCUT2D eigenvalue weighted by atomic mass is 16.2. The third-order valence-corrected chi connectivity index (χ3v) is 2.39. The summed E-state index contributed by atoms with van der Waals surface area (Å²) in [5.41, 5.74) is 5.66. The fourth-order valence-electron chi connectivity index (χ4n) is 1.37. The maximum atomic E-state index is 11.7. The van der Waals surface area contributed by atoms with Crippen molar-refractivity contribution in [1.82, 2.24) is 10.2 Å². The van der Waals surface area contributed by atoms with Gasteiger partial charge in [0.05, 0.1) is 0 Å². The lowest BCUT2D eigenvalue weighted by molar-refractivity contribution is -0.130. The van der Waals surface area contributed by atoms with Crippen LogP contribution in [0.2, 0.25) is 0 Å². The van der Waals surface area contributed by atoms with Gasteiger partial charge in [-0.2, -0.15) is 0 Å². The van der Waals surface area contributed by atoms with Crippen LogP contribution in [0.15, 0.2) is 4.99 Å². The van der Waals surface area contributed by atoms with Crippen LogP contribution in [0, 0.1) is 5.92 Å². The molecule has 0 aromatic heterocycles. The third-order valence-electron chi connectivity index (χ3n) is 2.39. The molecule has 5 heteroatoms. The van der Waals surface area contributed by atoms with Crippen molar-refractivity contribution in [3.63, 3.8) is 0 Å². The lowest BCUT2D eigenvalue weighted by Crippen LogP contribution is -2.37. The summed E-state index contributed by atoms with van der Waals surface area (Å²) < 4.78 is 0. The first kappa shape index (κ1) is 15.7. The molecule has 1 amide bonds. The van der Waals surface area contributed by atoms with Crippen molar-refractivity contribution in [2.24, 2.45) is 16.6 Å². The number of carbonyl (C=O) groups is 1. The molecule has 0 aliphatic carbocycles. The number of guanidine groups is 1. The van der Waals surface area contributed by atoms with E-state index in [1.165, 1.54) is 0 Å². The average Bonchev–Trinajstić information content (AvgIpc) is 2.28. The Hall–Kier alpha value is -1.26. The molecule has 0 aliphatic rings. The maximum Gasteiger partial charge on any atom is 0.224 e. The quantitative estimate of drug-likeness (QED) is 0.512. The number of nitrogens with zero attached hydrogens (tertiary/aromatic N) is 2. The number of nitrogens with one attached hydrogen (secondary N) is 1. The molecule has 100 valence electrons. The molecule has 0 spiro atoms. The van der Waals surface area contributed by atoms with Gasteiger partial charge >= 0.3 is 0 Å². The van der Waals surface area contributed by atoms with Crippen molar-refractivity contribution in [2.45, 2.75) is 34.1 Å². The van der Waals surface area contributed by atoms with Crippen molar-refractivity contribution < 1.29 is 4.79 Å². The Bertz CT molecular complexity index is 247. The highest BCUT2D eigenvalue weighted by Crippen LogP contribution is 1.93. The van der Waals surface area contributed by atoms with Gasteiger partial charge < -0.3 is 16.0 Å². The molecule has 0 fully saturated rings. The summed E-state index contributed by atoms with van der Waals surface area (Å²) in [5.74, 6) is 1.07. The van der Waals surface area contributed by atoms with Crippen LogP contribution in [0.4, 0.5) is 0 Å². The Morgan fingerprint density at radius 2 is 1.94 bits per heavy atom. The van der Waals surface area contributed by atoms with Crippen LogP contribution in [-0.4, -0.2) is 42.9 Å². The van der Waals surface area contributed by atoms with E-state index in [-0.39, 0.29) is 5.91 Å². The fraction of sp³-hybridized carbons (Fsp3) is 0.833. The van der Waals surface area contributed by atoms with E-state index < -0.39 is 0 Å². The lowest BCUT2D eigenvalue weighted by atomic mass is 10.2. The van der Waals surface area contributed by atoms with Gasteiger partial charge in [0.1, 0.15) is 0 Å². The number of aliphatic imine (C=N–C) groups is 1. The summed E-state index contributed by atoms with van der Waals surface area (Å²) in [7, 11) is 0. The molecule has 0 saturated heterocycles. The third kappa shape index (κ3) is 7.60. The highest BCUT2D eigenvalue weighted by molar-refractivity contribution is 5.80. The number of rotatable bonds is 7. The zero-order chi connectivity index (χ0) is 13.3. The molecule has 0 atom stereocenters. The molecule has 0 aliphatic heterocycles. The molecule has 3 N–H and O–H groups in total. The van der Waals surface area contributed by atoms with E-state index in [4.69, 9.17) is 5.73 Å². The van der Waals surface area contributed by atoms with E-state index in [2.05, 4.69) is 24.2 Å². The first-order valence-corrected chi connectivity index (χ1v) is 6.32. The summed E-state index contributed by atoms with van der Waals surface area (Å²) in [6.45, 7) is 10.9. The van der Waals surface area contributed by atoms with E-state index in [9.17, 15) is 4.79 Å². The molecule has 0 aromatic rings. The minimum Gasteiger partial charge on any atom is -0.370 e. The summed E-state index contributed by atoms with van der Waals surface area (Å²) in [5, 5.41) is 2.95. The predicted molar refractivity (Wildman–Crippen MR) is 71.9 cm³/mol. The van der Waals surface area contributed by atoms with Crippen molar-refractivity contribution in [3.05, 3.63) is 0 Å².